The van der Waals surface area contributed by atoms with E-state index in [4.69, 9.17) is 0 Å². The van der Waals surface area contributed by atoms with Gasteiger partial charge in [0.1, 0.15) is 0 Å². The van der Waals surface area contributed by atoms with Gasteiger partial charge in [0.05, 0.1) is 17.5 Å². The van der Waals surface area contributed by atoms with Gasteiger partial charge in [0.15, 0.2) is 0 Å². The summed E-state index contributed by atoms with van der Waals surface area (Å²) in [6.45, 7) is 7.64. The van der Waals surface area contributed by atoms with Crippen LogP contribution in [0, 0.1) is 5.92 Å². The highest BCUT2D eigenvalue weighted by atomic mass is 32.2. The van der Waals surface area contributed by atoms with Crippen LogP contribution >= 0.6 is 0 Å². The molecule has 0 saturated heterocycles. The van der Waals surface area contributed by atoms with Gasteiger partial charge in [-0.3, -0.25) is 9.52 Å². The average molecular weight is 300 g/mol. The molecule has 1 aliphatic carbocycles. The number of sulfonamides is 1. The monoisotopic (exact) mass is 300 g/mol. The fourth-order valence-electron chi connectivity index (χ4n) is 2.04. The summed E-state index contributed by atoms with van der Waals surface area (Å²) in [6, 6.07) is 0.153. The molecule has 1 fully saturated rings. The van der Waals surface area contributed by atoms with Gasteiger partial charge in [0.25, 0.3) is 5.91 Å². The zero-order valence-corrected chi connectivity index (χ0v) is 13.5. The van der Waals surface area contributed by atoms with Gasteiger partial charge >= 0.3 is 0 Å². The molecule has 0 unspecified atom stereocenters. The Balaban J connectivity index is 2.83. The number of likely N-dealkylation sites (N-methyl/N-ethyl adjacent to an activating group) is 1. The molecule has 1 amide bonds. The summed E-state index contributed by atoms with van der Waals surface area (Å²) in [6.07, 6.45) is 5.63. The molecule has 0 aromatic carbocycles. The minimum absolute atomic E-state index is 0.153. The number of amides is 1. The molecule has 0 heterocycles. The van der Waals surface area contributed by atoms with Gasteiger partial charge in [0, 0.05) is 13.1 Å². The topological polar surface area (TPSA) is 66.5 Å². The van der Waals surface area contributed by atoms with Crippen molar-refractivity contribution in [2.75, 3.05) is 13.3 Å². The van der Waals surface area contributed by atoms with Crippen LogP contribution in [0.4, 0.5) is 0 Å². The minimum atomic E-state index is -3.42. The van der Waals surface area contributed by atoms with E-state index in [0.717, 1.165) is 19.1 Å². The second kappa shape index (κ2) is 6.43. The maximum absolute atomic E-state index is 12.4. The third-order valence-electron chi connectivity index (χ3n) is 3.52. The van der Waals surface area contributed by atoms with E-state index in [1.165, 1.54) is 0 Å². The van der Waals surface area contributed by atoms with Crippen molar-refractivity contribution in [3.05, 3.63) is 23.9 Å². The number of allylic oxidation sites excluding steroid dienone is 1. The molecule has 1 atom stereocenters. The van der Waals surface area contributed by atoms with Gasteiger partial charge in [-0.15, -0.1) is 0 Å². The molecule has 114 valence electrons. The molecular formula is C14H24N2O3S. The first-order valence-corrected chi connectivity index (χ1v) is 8.71. The summed E-state index contributed by atoms with van der Waals surface area (Å²) >= 11 is 0. The highest BCUT2D eigenvalue weighted by molar-refractivity contribution is 7.88. The quantitative estimate of drug-likeness (QED) is 0.574. The molecule has 1 saturated carbocycles. The molecule has 20 heavy (non-hydrogen) atoms. The predicted octanol–water partition coefficient (Wildman–Crippen LogP) is 1.64. The zero-order valence-electron chi connectivity index (χ0n) is 12.6. The van der Waals surface area contributed by atoms with Crippen LogP contribution in [0.1, 0.15) is 33.1 Å². The molecular weight excluding hydrogens is 276 g/mol. The lowest BCUT2D eigenvalue weighted by Crippen LogP contribution is -2.39. The van der Waals surface area contributed by atoms with Crippen LogP contribution in [0.2, 0.25) is 0 Å². The van der Waals surface area contributed by atoms with Gasteiger partial charge in [-0.2, -0.15) is 0 Å². The van der Waals surface area contributed by atoms with Crippen molar-refractivity contribution < 1.29 is 13.2 Å². The molecule has 0 aromatic rings. The molecule has 0 spiro atoms. The molecule has 0 aliphatic heterocycles. The molecule has 1 N–H and O–H groups in total. The zero-order chi connectivity index (χ0) is 15.5. The summed E-state index contributed by atoms with van der Waals surface area (Å²) in [7, 11) is -1.69. The summed E-state index contributed by atoms with van der Waals surface area (Å²) in [5.74, 6) is 0.318. The number of carbonyl (C=O) groups excluding carboxylic acids is 1. The fourth-order valence-corrected chi connectivity index (χ4v) is 2.64. The van der Waals surface area contributed by atoms with Gasteiger partial charge < -0.3 is 4.90 Å². The number of carbonyl (C=O) groups is 1. The van der Waals surface area contributed by atoms with Gasteiger partial charge in [-0.1, -0.05) is 19.6 Å². The average Bonchev–Trinajstić information content (AvgIpc) is 3.17. The van der Waals surface area contributed by atoms with Gasteiger partial charge in [-0.05, 0) is 32.1 Å². The third-order valence-corrected chi connectivity index (χ3v) is 4.11. The van der Waals surface area contributed by atoms with Crippen LogP contribution in [0.3, 0.4) is 0 Å². The Kier molecular flexibility index (Phi) is 5.39. The van der Waals surface area contributed by atoms with E-state index in [1.807, 2.05) is 13.8 Å². The highest BCUT2D eigenvalue weighted by Gasteiger charge is 2.33. The lowest BCUT2D eigenvalue weighted by atomic mass is 10.1. The first-order chi connectivity index (χ1) is 9.17. The number of nitrogens with one attached hydrogen (secondary N) is 1. The molecule has 6 heteroatoms. The maximum atomic E-state index is 12.4. The van der Waals surface area contributed by atoms with Crippen molar-refractivity contribution >= 4 is 15.9 Å². The van der Waals surface area contributed by atoms with Crippen LogP contribution < -0.4 is 4.72 Å². The predicted molar refractivity (Wildman–Crippen MR) is 80.4 cm³/mol. The first-order valence-electron chi connectivity index (χ1n) is 6.81. The van der Waals surface area contributed by atoms with Crippen molar-refractivity contribution in [1.82, 2.24) is 9.62 Å². The smallest absolute Gasteiger partial charge is 0.255 e. The summed E-state index contributed by atoms with van der Waals surface area (Å²) in [4.78, 5) is 14.0. The summed E-state index contributed by atoms with van der Waals surface area (Å²) < 4.78 is 25.1. The maximum Gasteiger partial charge on any atom is 0.255 e. The summed E-state index contributed by atoms with van der Waals surface area (Å²) in [5, 5.41) is 0. The Morgan fingerprint density at radius 1 is 1.50 bits per heavy atom. The second-order valence-corrected chi connectivity index (χ2v) is 7.12. The van der Waals surface area contributed by atoms with Crippen molar-refractivity contribution in [3.8, 4) is 0 Å². The van der Waals surface area contributed by atoms with Crippen LogP contribution in [-0.2, 0) is 14.8 Å². The second-order valence-electron chi connectivity index (χ2n) is 5.37. The molecule has 1 rings (SSSR count). The largest absolute Gasteiger partial charge is 0.339 e. The molecule has 0 bridgehead atoms. The molecule has 5 nitrogen and oxygen atoms in total. The van der Waals surface area contributed by atoms with Crippen LogP contribution in [0.15, 0.2) is 23.9 Å². The van der Waals surface area contributed by atoms with E-state index in [2.05, 4.69) is 11.3 Å². The highest BCUT2D eigenvalue weighted by Crippen LogP contribution is 2.35. The summed E-state index contributed by atoms with van der Waals surface area (Å²) in [5.41, 5.74) is 0.460. The SMILES string of the molecule is C=C(C(=O)N(C)[C@@H](C)C1CC1)/C(=C\CC)NS(C)(=O)=O. The normalized spacial score (nSPS) is 17.5. The number of nitrogens with zero attached hydrogens (tertiary/aromatic N) is 1. The van der Waals surface area contributed by atoms with Crippen molar-refractivity contribution in [2.24, 2.45) is 5.92 Å². The fraction of sp³-hybridized carbons (Fsp3) is 0.643. The lowest BCUT2D eigenvalue weighted by Gasteiger charge is -2.26. The Morgan fingerprint density at radius 3 is 2.45 bits per heavy atom. The Hall–Kier alpha value is -1.30. The molecule has 0 radical (unpaired) electrons. The number of hydrogen-bond donors (Lipinski definition) is 1. The molecule has 1 aliphatic rings. The standard InChI is InChI=1S/C14H24N2O3S/c1-6-7-13(15-20(5,18)19)10(2)14(17)16(4)11(3)12-8-9-12/h7,11-12,15H,2,6,8-9H2,1,3-5H3/b13-7+/t11-/m0/s1. The van der Waals surface area contributed by atoms with E-state index in [9.17, 15) is 13.2 Å². The van der Waals surface area contributed by atoms with Crippen LogP contribution in [0.5, 0.6) is 0 Å². The Morgan fingerprint density at radius 2 is 2.05 bits per heavy atom. The van der Waals surface area contributed by atoms with E-state index < -0.39 is 10.0 Å². The molecule has 0 aromatic heterocycles. The Bertz CT molecular complexity index is 519. The van der Waals surface area contributed by atoms with E-state index in [1.54, 1.807) is 18.0 Å². The van der Waals surface area contributed by atoms with Crippen LogP contribution in [0.25, 0.3) is 0 Å². The lowest BCUT2D eigenvalue weighted by molar-refractivity contribution is -0.127. The van der Waals surface area contributed by atoms with Crippen molar-refractivity contribution in [2.45, 2.75) is 39.2 Å². The van der Waals surface area contributed by atoms with E-state index >= 15 is 0 Å². The van der Waals surface area contributed by atoms with Gasteiger partial charge in [-0.25, -0.2) is 8.42 Å². The van der Waals surface area contributed by atoms with E-state index in [-0.39, 0.29) is 23.2 Å². The Labute approximate surface area is 121 Å². The van der Waals surface area contributed by atoms with Crippen LogP contribution in [-0.4, -0.2) is 38.6 Å². The number of hydrogen-bond acceptors (Lipinski definition) is 3. The van der Waals surface area contributed by atoms with Crippen molar-refractivity contribution in [3.63, 3.8) is 0 Å². The third kappa shape index (κ3) is 4.67. The van der Waals surface area contributed by atoms with E-state index in [0.29, 0.717) is 12.3 Å². The van der Waals surface area contributed by atoms with Gasteiger partial charge in [0.2, 0.25) is 10.0 Å². The minimum Gasteiger partial charge on any atom is -0.339 e. The van der Waals surface area contributed by atoms with Crippen molar-refractivity contribution in [1.29, 1.82) is 0 Å². The first kappa shape index (κ1) is 16.8. The number of rotatable bonds is 7.